The van der Waals surface area contributed by atoms with Gasteiger partial charge in [-0.15, -0.1) is 0 Å². The Morgan fingerprint density at radius 2 is 1.83 bits per heavy atom. The first kappa shape index (κ1) is 18.7. The predicted molar refractivity (Wildman–Crippen MR) is 92.1 cm³/mol. The van der Waals surface area contributed by atoms with Crippen LogP contribution >= 0.6 is 0 Å². The van der Waals surface area contributed by atoms with E-state index in [0.717, 1.165) is 24.0 Å². The molecule has 0 aliphatic carbocycles. The topological polar surface area (TPSA) is 66.4 Å². The molecule has 1 rings (SSSR count). The highest BCUT2D eigenvalue weighted by molar-refractivity contribution is 5.91. The molecule has 0 saturated carbocycles. The van der Waals surface area contributed by atoms with Crippen LogP contribution in [0.4, 0.5) is 0 Å². The number of allylic oxidation sites excluding steroid dienone is 3. The largest absolute Gasteiger partial charge is 0.480 e. The Kier molecular flexibility index (Phi) is 7.81. The summed E-state index contributed by atoms with van der Waals surface area (Å²) in [6.45, 7) is 5.95. The minimum absolute atomic E-state index is 0.270. The van der Waals surface area contributed by atoms with E-state index in [1.165, 1.54) is 11.6 Å². The Morgan fingerprint density at radius 3 is 2.39 bits per heavy atom. The molecule has 124 valence electrons. The smallest absolute Gasteiger partial charge is 0.326 e. The minimum Gasteiger partial charge on any atom is -0.480 e. The highest BCUT2D eigenvalue weighted by atomic mass is 16.4. The van der Waals surface area contributed by atoms with E-state index in [0.29, 0.717) is 0 Å². The second-order valence-electron chi connectivity index (χ2n) is 5.90. The van der Waals surface area contributed by atoms with E-state index in [1.807, 2.05) is 51.1 Å². The number of carboxylic acid groups (broad SMARTS) is 1. The van der Waals surface area contributed by atoms with Gasteiger partial charge >= 0.3 is 5.97 Å². The number of rotatable bonds is 8. The molecule has 0 aliphatic heterocycles. The first-order valence-corrected chi connectivity index (χ1v) is 7.76. The number of benzene rings is 1. The zero-order chi connectivity index (χ0) is 17.2. The lowest BCUT2D eigenvalue weighted by atomic mass is 10.1. The van der Waals surface area contributed by atoms with E-state index >= 15 is 0 Å². The van der Waals surface area contributed by atoms with Gasteiger partial charge in [0, 0.05) is 12.5 Å². The molecule has 0 aromatic heterocycles. The summed E-state index contributed by atoms with van der Waals surface area (Å²) in [5.41, 5.74) is 3.06. The molecule has 1 atom stereocenters. The van der Waals surface area contributed by atoms with Gasteiger partial charge in [-0.3, -0.25) is 4.79 Å². The monoisotopic (exact) mass is 315 g/mol. The van der Waals surface area contributed by atoms with Crippen LogP contribution in [0.2, 0.25) is 0 Å². The Hall–Kier alpha value is -2.36. The van der Waals surface area contributed by atoms with Crippen molar-refractivity contribution in [1.82, 2.24) is 5.32 Å². The van der Waals surface area contributed by atoms with Gasteiger partial charge < -0.3 is 10.4 Å². The number of hydrogen-bond donors (Lipinski definition) is 2. The van der Waals surface area contributed by atoms with Crippen molar-refractivity contribution < 1.29 is 14.7 Å². The maximum atomic E-state index is 12.0. The van der Waals surface area contributed by atoms with Crippen molar-refractivity contribution in [3.8, 4) is 0 Å². The van der Waals surface area contributed by atoms with Crippen LogP contribution in [-0.4, -0.2) is 23.0 Å². The first-order valence-electron chi connectivity index (χ1n) is 7.76. The zero-order valence-corrected chi connectivity index (χ0v) is 14.0. The molecule has 0 aliphatic rings. The third-order valence-electron chi connectivity index (χ3n) is 3.37. The molecule has 1 aromatic rings. The van der Waals surface area contributed by atoms with E-state index in [1.54, 1.807) is 0 Å². The summed E-state index contributed by atoms with van der Waals surface area (Å²) < 4.78 is 0. The van der Waals surface area contributed by atoms with Crippen LogP contribution in [0.25, 0.3) is 0 Å². The fourth-order valence-corrected chi connectivity index (χ4v) is 2.15. The van der Waals surface area contributed by atoms with Gasteiger partial charge in [0.25, 0.3) is 0 Å². The average molecular weight is 315 g/mol. The van der Waals surface area contributed by atoms with Gasteiger partial charge in [-0.2, -0.15) is 0 Å². The summed E-state index contributed by atoms with van der Waals surface area (Å²) in [7, 11) is 0. The van der Waals surface area contributed by atoms with Crippen LogP contribution in [0.3, 0.4) is 0 Å². The van der Waals surface area contributed by atoms with Crippen molar-refractivity contribution in [3.05, 3.63) is 59.2 Å². The molecule has 0 unspecified atom stereocenters. The van der Waals surface area contributed by atoms with E-state index < -0.39 is 12.0 Å². The second kappa shape index (κ2) is 9.62. The standard InChI is InChI=1S/C19H25NO3/c1-14(2)8-7-9-15(3)12-18(21)20-17(19(22)23)13-16-10-5-4-6-11-16/h4-6,8,10-12,17H,7,9,13H2,1-3H3,(H,20,21)(H,22,23)/t17-/m0/s1. The van der Waals surface area contributed by atoms with Crippen molar-refractivity contribution >= 4 is 11.9 Å². The first-order chi connectivity index (χ1) is 10.9. The summed E-state index contributed by atoms with van der Waals surface area (Å²) in [5.74, 6) is -1.39. The lowest BCUT2D eigenvalue weighted by Crippen LogP contribution is -2.41. The van der Waals surface area contributed by atoms with Gasteiger partial charge in [-0.05, 0) is 39.2 Å². The van der Waals surface area contributed by atoms with Gasteiger partial charge in [0.05, 0.1) is 0 Å². The fourth-order valence-electron chi connectivity index (χ4n) is 2.15. The molecular weight excluding hydrogens is 290 g/mol. The molecular formula is C19H25NO3. The number of carboxylic acids is 1. The minimum atomic E-state index is -1.03. The SMILES string of the molecule is CC(C)=CCCC(C)=CC(=O)N[C@@H](Cc1ccccc1)C(=O)O. The van der Waals surface area contributed by atoms with E-state index in [9.17, 15) is 14.7 Å². The summed E-state index contributed by atoms with van der Waals surface area (Å²) in [5, 5.41) is 11.8. The third kappa shape index (κ3) is 8.00. The molecule has 1 aromatic carbocycles. The summed E-state index contributed by atoms with van der Waals surface area (Å²) in [6.07, 6.45) is 5.54. The fraction of sp³-hybridized carbons (Fsp3) is 0.368. The molecule has 4 heteroatoms. The van der Waals surface area contributed by atoms with Gasteiger partial charge in [-0.1, -0.05) is 47.6 Å². The van der Waals surface area contributed by atoms with Crippen LogP contribution in [0, 0.1) is 0 Å². The molecule has 0 fully saturated rings. The van der Waals surface area contributed by atoms with Crippen molar-refractivity contribution in [3.63, 3.8) is 0 Å². The van der Waals surface area contributed by atoms with E-state index in [2.05, 4.69) is 11.4 Å². The molecule has 0 heterocycles. The highest BCUT2D eigenvalue weighted by Gasteiger charge is 2.19. The summed E-state index contributed by atoms with van der Waals surface area (Å²) >= 11 is 0. The number of aliphatic carboxylic acids is 1. The van der Waals surface area contributed by atoms with Crippen molar-refractivity contribution in [2.75, 3.05) is 0 Å². The normalized spacial score (nSPS) is 12.4. The Bertz CT molecular complexity index is 584. The van der Waals surface area contributed by atoms with Gasteiger partial charge in [0.2, 0.25) is 5.91 Å². The number of hydrogen-bond acceptors (Lipinski definition) is 2. The van der Waals surface area contributed by atoms with E-state index in [4.69, 9.17) is 0 Å². The number of carbonyl (C=O) groups excluding carboxylic acids is 1. The van der Waals surface area contributed by atoms with E-state index in [-0.39, 0.29) is 12.3 Å². The number of amides is 1. The molecule has 23 heavy (non-hydrogen) atoms. The molecule has 4 nitrogen and oxygen atoms in total. The lowest BCUT2D eigenvalue weighted by Gasteiger charge is -2.13. The van der Waals surface area contributed by atoms with Gasteiger partial charge in [0.15, 0.2) is 0 Å². The van der Waals surface area contributed by atoms with Gasteiger partial charge in [0.1, 0.15) is 6.04 Å². The maximum absolute atomic E-state index is 12.0. The van der Waals surface area contributed by atoms with Gasteiger partial charge in [-0.25, -0.2) is 4.79 Å². The third-order valence-corrected chi connectivity index (χ3v) is 3.37. The Balaban J connectivity index is 2.60. The molecule has 1 amide bonds. The Labute approximate surface area is 137 Å². The number of nitrogens with one attached hydrogen (secondary N) is 1. The molecule has 0 spiro atoms. The molecule has 2 N–H and O–H groups in total. The Morgan fingerprint density at radius 1 is 1.17 bits per heavy atom. The lowest BCUT2D eigenvalue weighted by molar-refractivity contribution is -0.141. The summed E-state index contributed by atoms with van der Waals surface area (Å²) in [6, 6.07) is 8.35. The van der Waals surface area contributed by atoms with Crippen molar-refractivity contribution in [1.29, 1.82) is 0 Å². The maximum Gasteiger partial charge on any atom is 0.326 e. The van der Waals surface area contributed by atoms with Crippen LogP contribution in [0.15, 0.2) is 53.6 Å². The van der Waals surface area contributed by atoms with Crippen LogP contribution in [-0.2, 0) is 16.0 Å². The average Bonchev–Trinajstić information content (AvgIpc) is 2.47. The predicted octanol–water partition coefficient (Wildman–Crippen LogP) is 3.49. The van der Waals surface area contributed by atoms with Crippen molar-refractivity contribution in [2.24, 2.45) is 0 Å². The molecule has 0 bridgehead atoms. The van der Waals surface area contributed by atoms with Crippen molar-refractivity contribution in [2.45, 2.75) is 46.1 Å². The van der Waals surface area contributed by atoms with Crippen LogP contribution in [0.1, 0.15) is 39.2 Å². The summed E-state index contributed by atoms with van der Waals surface area (Å²) in [4.78, 5) is 23.3. The van der Waals surface area contributed by atoms with Crippen LogP contribution < -0.4 is 5.32 Å². The zero-order valence-electron chi connectivity index (χ0n) is 14.0. The molecule has 0 saturated heterocycles. The van der Waals surface area contributed by atoms with Crippen LogP contribution in [0.5, 0.6) is 0 Å². The number of carbonyl (C=O) groups is 2. The molecule has 0 radical (unpaired) electrons. The second-order valence-corrected chi connectivity index (χ2v) is 5.90. The quantitative estimate of drug-likeness (QED) is 0.570. The highest BCUT2D eigenvalue weighted by Crippen LogP contribution is 2.07.